The molecule has 1 aliphatic rings. The van der Waals surface area contributed by atoms with E-state index in [0.29, 0.717) is 13.0 Å². The first kappa shape index (κ1) is 14.3. The Kier molecular flexibility index (Phi) is 4.16. The van der Waals surface area contributed by atoms with Gasteiger partial charge in [-0.15, -0.1) is 0 Å². The first-order chi connectivity index (χ1) is 8.97. The van der Waals surface area contributed by atoms with E-state index < -0.39 is 12.2 Å². The topological polar surface area (TPSA) is 32.3 Å². The van der Waals surface area contributed by atoms with E-state index in [2.05, 4.69) is 5.32 Å². The zero-order chi connectivity index (χ0) is 13.9. The molecule has 5 heteroatoms. The predicted octanol–water partition coefficient (Wildman–Crippen LogP) is 3.04. The van der Waals surface area contributed by atoms with E-state index in [-0.39, 0.29) is 17.6 Å². The molecule has 1 atom stereocenters. The Labute approximate surface area is 110 Å². The summed E-state index contributed by atoms with van der Waals surface area (Å²) in [5.41, 5.74) is 0.0994. The minimum atomic E-state index is -4.31. The van der Waals surface area contributed by atoms with Gasteiger partial charge in [0.15, 0.2) is 0 Å². The van der Waals surface area contributed by atoms with Gasteiger partial charge in [0.25, 0.3) is 0 Å². The number of hydrogen-bond acceptors (Lipinski definition) is 2. The number of aliphatic hydroxyl groups is 1. The molecule has 1 aromatic rings. The smallest absolute Gasteiger partial charge is 0.396 e. The summed E-state index contributed by atoms with van der Waals surface area (Å²) in [6, 6.07) is 6.25. The lowest BCUT2D eigenvalue weighted by Crippen LogP contribution is -2.37. The SMILES string of the molecule is OCCC1(CNC(c2ccccc2)C(F)(F)F)CC1. The van der Waals surface area contributed by atoms with Crippen LogP contribution in [-0.4, -0.2) is 24.4 Å². The van der Waals surface area contributed by atoms with Crippen LogP contribution in [0.3, 0.4) is 0 Å². The van der Waals surface area contributed by atoms with Crippen molar-refractivity contribution in [3.05, 3.63) is 35.9 Å². The lowest BCUT2D eigenvalue weighted by molar-refractivity contribution is -0.158. The Morgan fingerprint density at radius 1 is 1.21 bits per heavy atom. The number of alkyl halides is 3. The van der Waals surface area contributed by atoms with Crippen molar-refractivity contribution in [3.63, 3.8) is 0 Å². The lowest BCUT2D eigenvalue weighted by atomic mass is 10.0. The Morgan fingerprint density at radius 2 is 1.84 bits per heavy atom. The van der Waals surface area contributed by atoms with E-state index in [4.69, 9.17) is 5.11 Å². The maximum absolute atomic E-state index is 13.1. The van der Waals surface area contributed by atoms with Crippen LogP contribution in [0.5, 0.6) is 0 Å². The Balaban J connectivity index is 2.04. The summed E-state index contributed by atoms with van der Waals surface area (Å²) in [5, 5.41) is 11.6. The number of rotatable bonds is 6. The molecule has 0 saturated heterocycles. The summed E-state index contributed by atoms with van der Waals surface area (Å²) in [6.45, 7) is 0.330. The molecule has 0 heterocycles. The summed E-state index contributed by atoms with van der Waals surface area (Å²) in [5.74, 6) is 0. The molecular weight excluding hydrogens is 255 g/mol. The van der Waals surface area contributed by atoms with Crippen LogP contribution < -0.4 is 5.32 Å². The fourth-order valence-corrected chi connectivity index (χ4v) is 2.32. The van der Waals surface area contributed by atoms with Crippen molar-refractivity contribution in [1.82, 2.24) is 5.32 Å². The summed E-state index contributed by atoms with van der Waals surface area (Å²) in [4.78, 5) is 0. The average Bonchev–Trinajstić information content (AvgIpc) is 3.10. The molecule has 19 heavy (non-hydrogen) atoms. The lowest BCUT2D eigenvalue weighted by Gasteiger charge is -2.25. The van der Waals surface area contributed by atoms with Crippen LogP contribution in [-0.2, 0) is 0 Å². The minimum Gasteiger partial charge on any atom is -0.396 e. The number of hydrogen-bond donors (Lipinski definition) is 2. The maximum atomic E-state index is 13.1. The molecule has 2 N–H and O–H groups in total. The molecule has 1 saturated carbocycles. The van der Waals surface area contributed by atoms with E-state index >= 15 is 0 Å². The second kappa shape index (κ2) is 5.51. The van der Waals surface area contributed by atoms with Gasteiger partial charge in [0, 0.05) is 13.2 Å². The molecule has 1 aliphatic carbocycles. The maximum Gasteiger partial charge on any atom is 0.407 e. The Hall–Kier alpha value is -1.07. The predicted molar refractivity (Wildman–Crippen MR) is 66.6 cm³/mol. The summed E-state index contributed by atoms with van der Waals surface area (Å²) < 4.78 is 39.2. The monoisotopic (exact) mass is 273 g/mol. The van der Waals surface area contributed by atoms with E-state index in [1.807, 2.05) is 0 Å². The molecular formula is C14H18F3NO. The molecule has 0 amide bonds. The largest absolute Gasteiger partial charge is 0.407 e. The van der Waals surface area contributed by atoms with Crippen LogP contribution in [0.2, 0.25) is 0 Å². The van der Waals surface area contributed by atoms with Gasteiger partial charge in [-0.3, -0.25) is 0 Å². The quantitative estimate of drug-likeness (QED) is 0.835. The van der Waals surface area contributed by atoms with Crippen molar-refractivity contribution in [2.75, 3.05) is 13.2 Å². The van der Waals surface area contributed by atoms with Gasteiger partial charge in [0.2, 0.25) is 0 Å². The molecule has 1 fully saturated rings. The Morgan fingerprint density at radius 3 is 2.32 bits per heavy atom. The molecule has 106 valence electrons. The molecule has 2 nitrogen and oxygen atoms in total. The zero-order valence-electron chi connectivity index (χ0n) is 10.6. The number of benzene rings is 1. The molecule has 0 aliphatic heterocycles. The third-order valence-electron chi connectivity index (χ3n) is 3.74. The fourth-order valence-electron chi connectivity index (χ4n) is 2.32. The molecule has 1 aromatic carbocycles. The summed E-state index contributed by atoms with van der Waals surface area (Å²) >= 11 is 0. The highest BCUT2D eigenvalue weighted by atomic mass is 19.4. The molecule has 0 radical (unpaired) electrons. The highest BCUT2D eigenvalue weighted by Crippen LogP contribution is 2.48. The van der Waals surface area contributed by atoms with Crippen molar-refractivity contribution in [2.24, 2.45) is 5.41 Å². The van der Waals surface area contributed by atoms with Crippen LogP contribution >= 0.6 is 0 Å². The third-order valence-corrected chi connectivity index (χ3v) is 3.74. The van der Waals surface area contributed by atoms with Gasteiger partial charge in [-0.2, -0.15) is 13.2 Å². The average molecular weight is 273 g/mol. The van der Waals surface area contributed by atoms with E-state index in [1.165, 1.54) is 12.1 Å². The zero-order valence-corrected chi connectivity index (χ0v) is 10.6. The molecule has 2 rings (SSSR count). The number of aliphatic hydroxyl groups excluding tert-OH is 1. The van der Waals surface area contributed by atoms with E-state index in [9.17, 15) is 13.2 Å². The van der Waals surface area contributed by atoms with Crippen LogP contribution in [0, 0.1) is 5.41 Å². The van der Waals surface area contributed by atoms with Crippen molar-refractivity contribution >= 4 is 0 Å². The van der Waals surface area contributed by atoms with Gasteiger partial charge < -0.3 is 10.4 Å². The van der Waals surface area contributed by atoms with E-state index in [0.717, 1.165) is 12.8 Å². The standard InChI is InChI=1S/C14H18F3NO/c15-14(16,17)12(11-4-2-1-3-5-11)18-10-13(6-7-13)8-9-19/h1-5,12,18-19H,6-10H2. The minimum absolute atomic E-state index is 0.0314. The fraction of sp³-hybridized carbons (Fsp3) is 0.571. The van der Waals surface area contributed by atoms with Crippen molar-refractivity contribution in [1.29, 1.82) is 0 Å². The number of nitrogens with one attached hydrogen (secondary N) is 1. The normalized spacial score (nSPS) is 19.2. The Bertz CT molecular complexity index is 401. The van der Waals surface area contributed by atoms with Crippen LogP contribution in [0.1, 0.15) is 30.9 Å². The van der Waals surface area contributed by atoms with Crippen molar-refractivity contribution in [2.45, 2.75) is 31.5 Å². The highest BCUT2D eigenvalue weighted by Gasteiger charge is 2.46. The van der Waals surface area contributed by atoms with Gasteiger partial charge in [0.1, 0.15) is 6.04 Å². The van der Waals surface area contributed by atoms with Gasteiger partial charge in [-0.05, 0) is 30.2 Å². The van der Waals surface area contributed by atoms with Gasteiger partial charge in [-0.25, -0.2) is 0 Å². The highest BCUT2D eigenvalue weighted by molar-refractivity contribution is 5.20. The first-order valence-corrected chi connectivity index (χ1v) is 6.43. The van der Waals surface area contributed by atoms with Gasteiger partial charge in [-0.1, -0.05) is 30.3 Å². The summed E-state index contributed by atoms with van der Waals surface area (Å²) in [6.07, 6.45) is -1.96. The van der Waals surface area contributed by atoms with Crippen molar-refractivity contribution < 1.29 is 18.3 Å². The molecule has 1 unspecified atom stereocenters. The molecule has 0 aromatic heterocycles. The number of halogens is 3. The molecule has 0 spiro atoms. The second-order valence-corrected chi connectivity index (χ2v) is 5.24. The molecule has 0 bridgehead atoms. The second-order valence-electron chi connectivity index (χ2n) is 5.24. The first-order valence-electron chi connectivity index (χ1n) is 6.43. The van der Waals surface area contributed by atoms with Crippen LogP contribution in [0.4, 0.5) is 13.2 Å². The van der Waals surface area contributed by atoms with Crippen LogP contribution in [0.15, 0.2) is 30.3 Å². The van der Waals surface area contributed by atoms with Crippen LogP contribution in [0.25, 0.3) is 0 Å². The van der Waals surface area contributed by atoms with Crippen molar-refractivity contribution in [3.8, 4) is 0 Å². The van der Waals surface area contributed by atoms with Gasteiger partial charge in [0.05, 0.1) is 0 Å². The van der Waals surface area contributed by atoms with Gasteiger partial charge >= 0.3 is 6.18 Å². The third kappa shape index (κ3) is 3.70. The summed E-state index contributed by atoms with van der Waals surface area (Å²) in [7, 11) is 0. The van der Waals surface area contributed by atoms with E-state index in [1.54, 1.807) is 18.2 Å².